The molecule has 1 atom stereocenters. The summed E-state index contributed by atoms with van der Waals surface area (Å²) in [6, 6.07) is 8.81. The van der Waals surface area contributed by atoms with Crippen molar-refractivity contribution >= 4 is 11.7 Å². The molecule has 0 saturated carbocycles. The molecule has 2 aromatic rings. The number of halogens is 2. The molecule has 0 radical (unpaired) electrons. The number of carbonyl (C=O) groups is 1. The van der Waals surface area contributed by atoms with Crippen LogP contribution < -0.4 is 15.4 Å². The molecule has 0 saturated heterocycles. The second kappa shape index (κ2) is 8.14. The number of urea groups is 1. The first kappa shape index (κ1) is 16.8. The highest BCUT2D eigenvalue weighted by molar-refractivity contribution is 5.90. The zero-order chi connectivity index (χ0) is 16.7. The zero-order valence-electron chi connectivity index (χ0n) is 12.0. The van der Waals surface area contributed by atoms with Crippen LogP contribution in [-0.4, -0.2) is 30.7 Å². The maximum absolute atomic E-state index is 12.2. The van der Waals surface area contributed by atoms with Gasteiger partial charge in [-0.15, -0.1) is 0 Å². The Bertz CT molecular complexity index is 620. The largest absolute Gasteiger partial charge is 0.485 e. The summed E-state index contributed by atoms with van der Waals surface area (Å²) in [6.07, 6.45) is -2.18. The summed E-state index contributed by atoms with van der Waals surface area (Å²) in [4.78, 5) is 11.8. The Morgan fingerprint density at radius 2 is 2.04 bits per heavy atom. The lowest BCUT2D eigenvalue weighted by atomic mass is 10.3. The smallest absolute Gasteiger partial charge is 0.319 e. The summed E-state index contributed by atoms with van der Waals surface area (Å²) in [5.41, 5.74) is 0.248. The fourth-order valence-electron chi connectivity index (χ4n) is 1.79. The second-order valence-corrected chi connectivity index (χ2v) is 4.56. The zero-order valence-corrected chi connectivity index (χ0v) is 12.0. The van der Waals surface area contributed by atoms with Gasteiger partial charge in [-0.3, -0.25) is 0 Å². The number of benzene rings is 1. The summed E-state index contributed by atoms with van der Waals surface area (Å²) in [6.45, 7) is -0.836. The van der Waals surface area contributed by atoms with E-state index in [1.807, 2.05) is 0 Å². The molecule has 0 aliphatic heterocycles. The lowest BCUT2D eigenvalue weighted by molar-refractivity contribution is 0.0822. The molecule has 0 fully saturated rings. The molecule has 124 valence electrons. The van der Waals surface area contributed by atoms with E-state index in [1.54, 1.807) is 24.3 Å². The summed E-state index contributed by atoms with van der Waals surface area (Å²) in [5, 5.41) is 14.7. The van der Waals surface area contributed by atoms with Gasteiger partial charge in [0, 0.05) is 0 Å². The van der Waals surface area contributed by atoms with Crippen molar-refractivity contribution in [3.05, 3.63) is 48.4 Å². The first-order valence-electron chi connectivity index (χ1n) is 6.82. The van der Waals surface area contributed by atoms with Gasteiger partial charge in [0.15, 0.2) is 0 Å². The molecule has 0 spiro atoms. The van der Waals surface area contributed by atoms with Gasteiger partial charge in [-0.1, -0.05) is 12.1 Å². The summed E-state index contributed by atoms with van der Waals surface area (Å²) in [5.74, 6) is 0.459. The summed E-state index contributed by atoms with van der Waals surface area (Å²) in [7, 11) is 0. The molecule has 0 aliphatic carbocycles. The number of nitrogens with one attached hydrogen (secondary N) is 2. The van der Waals surface area contributed by atoms with Gasteiger partial charge >= 0.3 is 6.03 Å². The molecule has 1 unspecified atom stereocenters. The molecule has 0 bridgehead atoms. The maximum Gasteiger partial charge on any atom is 0.319 e. The van der Waals surface area contributed by atoms with Gasteiger partial charge in [0.05, 0.1) is 18.5 Å². The molecule has 0 aliphatic rings. The second-order valence-electron chi connectivity index (χ2n) is 4.56. The predicted molar refractivity (Wildman–Crippen MR) is 78.6 cm³/mol. The molecule has 6 nitrogen and oxygen atoms in total. The van der Waals surface area contributed by atoms with Crippen molar-refractivity contribution in [2.45, 2.75) is 12.5 Å². The number of amides is 2. The quantitative estimate of drug-likeness (QED) is 0.730. The van der Waals surface area contributed by atoms with E-state index in [9.17, 15) is 18.7 Å². The van der Waals surface area contributed by atoms with Crippen molar-refractivity contribution in [3.63, 3.8) is 0 Å². The normalized spacial score (nSPS) is 12.0. The van der Waals surface area contributed by atoms with Crippen molar-refractivity contribution in [3.8, 4) is 5.75 Å². The van der Waals surface area contributed by atoms with Crippen molar-refractivity contribution in [1.29, 1.82) is 0 Å². The van der Waals surface area contributed by atoms with Crippen LogP contribution in [0.1, 0.15) is 11.9 Å². The monoisotopic (exact) mass is 326 g/mol. The van der Waals surface area contributed by atoms with E-state index in [0.29, 0.717) is 5.76 Å². The van der Waals surface area contributed by atoms with E-state index in [4.69, 9.17) is 9.15 Å². The number of hydrogen-bond donors (Lipinski definition) is 3. The number of aliphatic hydroxyl groups is 1. The van der Waals surface area contributed by atoms with Crippen LogP contribution in [0.2, 0.25) is 0 Å². The van der Waals surface area contributed by atoms with Crippen molar-refractivity contribution in [1.82, 2.24) is 5.32 Å². The summed E-state index contributed by atoms with van der Waals surface area (Å²) >= 11 is 0. The molecule has 23 heavy (non-hydrogen) atoms. The number of anilines is 1. The van der Waals surface area contributed by atoms with Crippen LogP contribution in [0.4, 0.5) is 19.3 Å². The third-order valence-corrected chi connectivity index (χ3v) is 2.83. The molecule has 1 aromatic carbocycles. The van der Waals surface area contributed by atoms with Gasteiger partial charge in [0.1, 0.15) is 24.2 Å². The number of aliphatic hydroxyl groups excluding tert-OH is 1. The highest BCUT2D eigenvalue weighted by atomic mass is 19.3. The van der Waals surface area contributed by atoms with Crippen LogP contribution in [-0.2, 0) is 0 Å². The number of alkyl halides is 2. The van der Waals surface area contributed by atoms with Crippen molar-refractivity contribution in [2.75, 3.05) is 18.5 Å². The highest BCUT2D eigenvalue weighted by Crippen LogP contribution is 2.24. The molecule has 8 heteroatoms. The number of hydrogen-bond acceptors (Lipinski definition) is 4. The predicted octanol–water partition coefficient (Wildman–Crippen LogP) is 2.78. The first-order valence-corrected chi connectivity index (χ1v) is 6.82. The highest BCUT2D eigenvalue weighted by Gasteiger charge is 2.13. The van der Waals surface area contributed by atoms with Gasteiger partial charge in [0.2, 0.25) is 0 Å². The molecule has 1 heterocycles. The molecule has 1 aromatic heterocycles. The fourth-order valence-corrected chi connectivity index (χ4v) is 1.79. The van der Waals surface area contributed by atoms with Crippen LogP contribution >= 0.6 is 0 Å². The first-order chi connectivity index (χ1) is 11.1. The van der Waals surface area contributed by atoms with Crippen molar-refractivity contribution in [2.24, 2.45) is 0 Å². The van der Waals surface area contributed by atoms with Crippen LogP contribution in [0.5, 0.6) is 5.75 Å². The topological polar surface area (TPSA) is 83.7 Å². The van der Waals surface area contributed by atoms with E-state index < -0.39 is 25.2 Å². The van der Waals surface area contributed by atoms with Gasteiger partial charge < -0.3 is 24.9 Å². The van der Waals surface area contributed by atoms with Crippen LogP contribution in [0.3, 0.4) is 0 Å². The molecule has 2 rings (SSSR count). The van der Waals surface area contributed by atoms with E-state index in [1.165, 1.54) is 18.4 Å². The van der Waals surface area contributed by atoms with Crippen LogP contribution in [0.15, 0.2) is 47.1 Å². The Kier molecular flexibility index (Phi) is 5.93. The summed E-state index contributed by atoms with van der Waals surface area (Å²) < 4.78 is 34.3. The van der Waals surface area contributed by atoms with Gasteiger partial charge in [-0.25, -0.2) is 13.6 Å². The third kappa shape index (κ3) is 5.26. The van der Waals surface area contributed by atoms with E-state index in [2.05, 4.69) is 10.6 Å². The minimum atomic E-state index is -2.61. The molecular weight excluding hydrogens is 310 g/mol. The standard InChI is InChI=1S/C15H16F2N2O4/c16-14(17)9-23-12-5-2-1-4-10(12)19-15(21)18-8-11(20)13-6-3-7-22-13/h1-7,11,14,20H,8-9H2,(H2,18,19,21). The average Bonchev–Trinajstić information content (AvgIpc) is 3.06. The van der Waals surface area contributed by atoms with Crippen LogP contribution in [0, 0.1) is 0 Å². The van der Waals surface area contributed by atoms with E-state index >= 15 is 0 Å². The Morgan fingerprint density at radius 3 is 2.74 bits per heavy atom. The van der Waals surface area contributed by atoms with Gasteiger partial charge in [0.25, 0.3) is 6.43 Å². The van der Waals surface area contributed by atoms with Gasteiger partial charge in [-0.2, -0.15) is 0 Å². The number of rotatable bonds is 7. The minimum Gasteiger partial charge on any atom is -0.485 e. The minimum absolute atomic E-state index is 0.0700. The lowest BCUT2D eigenvalue weighted by Crippen LogP contribution is -2.32. The molecule has 3 N–H and O–H groups in total. The van der Waals surface area contributed by atoms with Crippen molar-refractivity contribution < 1.29 is 27.8 Å². The Labute approximate surface area is 131 Å². The average molecular weight is 326 g/mol. The van der Waals surface area contributed by atoms with E-state index in [0.717, 1.165) is 0 Å². The van der Waals surface area contributed by atoms with Crippen LogP contribution in [0.25, 0.3) is 0 Å². The van der Waals surface area contributed by atoms with Gasteiger partial charge in [-0.05, 0) is 24.3 Å². The number of para-hydroxylation sites is 2. The maximum atomic E-state index is 12.2. The third-order valence-electron chi connectivity index (χ3n) is 2.83. The number of ether oxygens (including phenoxy) is 1. The number of furan rings is 1. The SMILES string of the molecule is O=C(NCC(O)c1ccco1)Nc1ccccc1OCC(F)F. The number of carbonyl (C=O) groups excluding carboxylic acids is 1. The molecular formula is C15H16F2N2O4. The lowest BCUT2D eigenvalue weighted by Gasteiger charge is -2.14. The Hall–Kier alpha value is -2.61. The fraction of sp³-hybridized carbons (Fsp3) is 0.267. The Balaban J connectivity index is 1.87. The molecule has 2 amide bonds. The van der Waals surface area contributed by atoms with E-state index in [-0.39, 0.29) is 18.0 Å². The Morgan fingerprint density at radius 1 is 1.26 bits per heavy atom.